The van der Waals surface area contributed by atoms with Gasteiger partial charge in [0.2, 0.25) is 0 Å². The summed E-state index contributed by atoms with van der Waals surface area (Å²) in [4.78, 5) is 21.5. The summed E-state index contributed by atoms with van der Waals surface area (Å²) in [6.45, 7) is 0.954. The zero-order valence-corrected chi connectivity index (χ0v) is 16.8. The summed E-state index contributed by atoms with van der Waals surface area (Å²) in [5.41, 5.74) is 2.41. The Bertz CT molecular complexity index is 1210. The molecule has 0 aliphatic carbocycles. The number of hydrogen-bond donors (Lipinski definition) is 1. The Morgan fingerprint density at radius 1 is 1.06 bits per heavy atom. The lowest BCUT2D eigenvalue weighted by Crippen LogP contribution is -2.40. The van der Waals surface area contributed by atoms with Crippen molar-refractivity contribution in [1.29, 1.82) is 0 Å². The van der Waals surface area contributed by atoms with Gasteiger partial charge in [-0.25, -0.2) is 19.4 Å². The van der Waals surface area contributed by atoms with Crippen LogP contribution in [-0.4, -0.2) is 48.9 Å². The molecule has 0 radical (unpaired) electrons. The van der Waals surface area contributed by atoms with Gasteiger partial charge in [-0.1, -0.05) is 18.2 Å². The second-order valence-corrected chi connectivity index (χ2v) is 7.52. The number of hydrogen-bond acceptors (Lipinski definition) is 5. The van der Waals surface area contributed by atoms with Gasteiger partial charge in [-0.05, 0) is 49.2 Å². The summed E-state index contributed by atoms with van der Waals surface area (Å²) >= 11 is 0. The normalized spacial score (nSPS) is 16.4. The summed E-state index contributed by atoms with van der Waals surface area (Å²) in [5, 5.41) is 15.1. The van der Waals surface area contributed by atoms with Gasteiger partial charge in [0, 0.05) is 24.8 Å². The largest absolute Gasteiger partial charge is 0.465 e. The van der Waals surface area contributed by atoms with Crippen LogP contribution in [0.1, 0.15) is 18.9 Å². The molecular weight excluding hydrogens is 394 g/mol. The third-order valence-corrected chi connectivity index (χ3v) is 5.49. The first-order chi connectivity index (χ1) is 15.2. The summed E-state index contributed by atoms with van der Waals surface area (Å²) < 4.78 is 7.74. The van der Waals surface area contributed by atoms with Gasteiger partial charge in [0.1, 0.15) is 23.5 Å². The van der Waals surface area contributed by atoms with Crippen molar-refractivity contribution in [2.75, 3.05) is 13.1 Å². The van der Waals surface area contributed by atoms with Gasteiger partial charge >= 0.3 is 6.09 Å². The maximum absolute atomic E-state index is 11.4. The average molecular weight is 415 g/mol. The summed E-state index contributed by atoms with van der Waals surface area (Å²) in [6, 6.07) is 17.3. The lowest BCUT2D eigenvalue weighted by atomic mass is 10.1. The first kappa shape index (κ1) is 19.0. The van der Waals surface area contributed by atoms with Gasteiger partial charge in [0.15, 0.2) is 5.65 Å². The van der Waals surface area contributed by atoms with E-state index in [0.717, 1.165) is 41.0 Å². The molecule has 31 heavy (non-hydrogen) atoms. The number of nitrogens with zero attached hydrogens (tertiary/aromatic N) is 5. The zero-order valence-electron chi connectivity index (χ0n) is 16.8. The summed E-state index contributed by atoms with van der Waals surface area (Å²) in [6.07, 6.45) is 4.01. The fourth-order valence-electron chi connectivity index (χ4n) is 3.98. The number of ether oxygens (including phenoxy) is 1. The molecule has 1 aliphatic rings. The number of carbonyl (C=O) groups is 1. The molecule has 4 aromatic rings. The fraction of sp³-hybridized carbons (Fsp3) is 0.217. The minimum Gasteiger partial charge on any atom is -0.465 e. The number of amides is 1. The monoisotopic (exact) mass is 415 g/mol. The van der Waals surface area contributed by atoms with E-state index in [1.165, 1.54) is 11.2 Å². The Morgan fingerprint density at radius 2 is 1.84 bits per heavy atom. The number of carboxylic acid groups (broad SMARTS) is 1. The smallest absolute Gasteiger partial charge is 0.407 e. The lowest BCUT2D eigenvalue weighted by molar-refractivity contribution is 0.120. The number of piperidine rings is 1. The van der Waals surface area contributed by atoms with Crippen LogP contribution in [0.4, 0.5) is 4.79 Å². The van der Waals surface area contributed by atoms with Crippen molar-refractivity contribution in [2.45, 2.75) is 18.9 Å². The number of para-hydroxylation sites is 1. The van der Waals surface area contributed by atoms with E-state index in [4.69, 9.17) is 9.84 Å². The molecule has 1 aliphatic heterocycles. The predicted molar refractivity (Wildman–Crippen MR) is 115 cm³/mol. The quantitative estimate of drug-likeness (QED) is 0.524. The van der Waals surface area contributed by atoms with E-state index in [0.29, 0.717) is 18.7 Å². The van der Waals surface area contributed by atoms with E-state index in [2.05, 4.69) is 9.97 Å². The van der Waals surface area contributed by atoms with Crippen molar-refractivity contribution in [3.63, 3.8) is 0 Å². The number of rotatable bonds is 4. The highest BCUT2D eigenvalue weighted by atomic mass is 16.5. The fourth-order valence-corrected chi connectivity index (χ4v) is 3.98. The first-order valence-corrected chi connectivity index (χ1v) is 10.2. The molecule has 8 nitrogen and oxygen atoms in total. The van der Waals surface area contributed by atoms with Crippen LogP contribution in [0, 0.1) is 0 Å². The van der Waals surface area contributed by atoms with Gasteiger partial charge in [0.05, 0.1) is 11.4 Å². The molecule has 2 aromatic heterocycles. The predicted octanol–water partition coefficient (Wildman–Crippen LogP) is 4.60. The number of likely N-dealkylation sites (tertiary alicyclic amines) is 1. The Kier molecular flexibility index (Phi) is 4.95. The van der Waals surface area contributed by atoms with Crippen molar-refractivity contribution in [3.05, 3.63) is 67.1 Å². The Labute approximate surface area is 178 Å². The van der Waals surface area contributed by atoms with Crippen molar-refractivity contribution in [2.24, 2.45) is 0 Å². The van der Waals surface area contributed by atoms with E-state index in [-0.39, 0.29) is 6.04 Å². The molecule has 1 atom stereocenters. The minimum absolute atomic E-state index is 0.0586. The molecule has 156 valence electrons. The van der Waals surface area contributed by atoms with Crippen LogP contribution in [0.15, 0.2) is 67.1 Å². The van der Waals surface area contributed by atoms with Gasteiger partial charge in [-0.15, -0.1) is 0 Å². The van der Waals surface area contributed by atoms with E-state index in [1.54, 1.807) is 6.20 Å². The zero-order chi connectivity index (χ0) is 21.2. The Balaban J connectivity index is 1.47. The van der Waals surface area contributed by atoms with Crippen LogP contribution in [0.2, 0.25) is 0 Å². The van der Waals surface area contributed by atoms with Crippen molar-refractivity contribution in [3.8, 4) is 22.8 Å². The maximum Gasteiger partial charge on any atom is 0.407 e. The SMILES string of the molecule is O=C(O)N1CCCC(n2nc(-c3ccc(Oc4ccccc4)cc3)c3cncnc32)C1. The topological polar surface area (TPSA) is 93.4 Å². The van der Waals surface area contributed by atoms with Crippen LogP contribution in [-0.2, 0) is 0 Å². The highest BCUT2D eigenvalue weighted by molar-refractivity contribution is 5.90. The average Bonchev–Trinajstić information content (AvgIpc) is 3.20. The molecule has 1 amide bonds. The number of fused-ring (bicyclic) bond motifs is 1. The van der Waals surface area contributed by atoms with Crippen molar-refractivity contribution < 1.29 is 14.6 Å². The van der Waals surface area contributed by atoms with Crippen LogP contribution < -0.4 is 4.74 Å². The molecule has 1 saturated heterocycles. The second kappa shape index (κ2) is 8.06. The molecule has 1 fully saturated rings. The van der Waals surface area contributed by atoms with Gasteiger partial charge in [0.25, 0.3) is 0 Å². The van der Waals surface area contributed by atoms with Crippen LogP contribution in [0.25, 0.3) is 22.3 Å². The number of aromatic nitrogens is 4. The molecule has 5 rings (SSSR count). The maximum atomic E-state index is 11.4. The molecule has 1 N–H and O–H groups in total. The van der Waals surface area contributed by atoms with Crippen LogP contribution in [0.3, 0.4) is 0 Å². The van der Waals surface area contributed by atoms with Crippen LogP contribution >= 0.6 is 0 Å². The van der Waals surface area contributed by atoms with E-state index < -0.39 is 6.09 Å². The molecule has 0 bridgehead atoms. The summed E-state index contributed by atoms with van der Waals surface area (Å²) in [7, 11) is 0. The van der Waals surface area contributed by atoms with E-state index >= 15 is 0 Å². The third kappa shape index (κ3) is 3.79. The third-order valence-electron chi connectivity index (χ3n) is 5.49. The van der Waals surface area contributed by atoms with Crippen LogP contribution in [0.5, 0.6) is 11.5 Å². The highest BCUT2D eigenvalue weighted by Gasteiger charge is 2.27. The van der Waals surface area contributed by atoms with Crippen molar-refractivity contribution in [1.82, 2.24) is 24.6 Å². The van der Waals surface area contributed by atoms with Gasteiger partial charge in [-0.2, -0.15) is 5.10 Å². The molecule has 2 aromatic carbocycles. The Morgan fingerprint density at radius 3 is 2.61 bits per heavy atom. The second-order valence-electron chi connectivity index (χ2n) is 7.52. The standard InChI is InChI=1S/C23H21N5O3/c29-23(30)27-12-4-5-17(14-27)28-22-20(13-24-15-25-22)21(26-28)16-8-10-19(11-9-16)31-18-6-2-1-3-7-18/h1-3,6-11,13,15,17H,4-5,12,14H2,(H,29,30). The molecule has 0 spiro atoms. The van der Waals surface area contributed by atoms with Gasteiger partial charge in [-0.3, -0.25) is 0 Å². The number of benzene rings is 2. The molecule has 0 saturated carbocycles. The molecule has 1 unspecified atom stereocenters. The van der Waals surface area contributed by atoms with Crippen molar-refractivity contribution >= 4 is 17.1 Å². The molecule has 3 heterocycles. The first-order valence-electron chi connectivity index (χ1n) is 10.2. The van der Waals surface area contributed by atoms with E-state index in [9.17, 15) is 9.90 Å². The minimum atomic E-state index is -0.898. The van der Waals surface area contributed by atoms with Gasteiger partial charge < -0.3 is 14.7 Å². The molecular formula is C23H21N5O3. The summed E-state index contributed by atoms with van der Waals surface area (Å²) in [5.74, 6) is 1.51. The Hall–Kier alpha value is -3.94. The highest BCUT2D eigenvalue weighted by Crippen LogP contribution is 2.32. The van der Waals surface area contributed by atoms with E-state index in [1.807, 2.05) is 59.3 Å². The lowest BCUT2D eigenvalue weighted by Gasteiger charge is -2.30. The molecule has 8 heteroatoms.